The van der Waals surface area contributed by atoms with Crippen molar-refractivity contribution in [1.82, 2.24) is 5.06 Å². The van der Waals surface area contributed by atoms with Crippen molar-refractivity contribution in [2.24, 2.45) is 0 Å². The highest BCUT2D eigenvalue weighted by molar-refractivity contribution is 14.1. The maximum absolute atomic E-state index is 6.08. The van der Waals surface area contributed by atoms with E-state index in [2.05, 4.69) is 64.1 Å². The summed E-state index contributed by atoms with van der Waals surface area (Å²) >= 11 is 2.40. The largest absolute Gasteiger partial charge is 0.375 e. The zero-order valence-electron chi connectivity index (χ0n) is 13.1. The van der Waals surface area contributed by atoms with Gasteiger partial charge in [-0.15, -0.1) is 0 Å². The molecule has 23 heavy (non-hydrogen) atoms. The van der Waals surface area contributed by atoms with Gasteiger partial charge in [0.2, 0.25) is 0 Å². The van der Waals surface area contributed by atoms with E-state index in [9.17, 15) is 0 Å². The molecule has 2 aromatic rings. The number of ether oxygens (including phenoxy) is 1. The molecule has 0 spiro atoms. The summed E-state index contributed by atoms with van der Waals surface area (Å²) in [6, 6.07) is 21.1. The van der Waals surface area contributed by atoms with Gasteiger partial charge in [-0.25, -0.2) is 0 Å². The quantitative estimate of drug-likeness (QED) is 0.492. The van der Waals surface area contributed by atoms with Gasteiger partial charge < -0.3 is 4.74 Å². The summed E-state index contributed by atoms with van der Waals surface area (Å²) in [5, 5.41) is 2.10. The van der Waals surface area contributed by atoms with Crippen LogP contribution in [0, 0.1) is 0 Å². The monoisotopic (exact) mass is 423 g/mol. The molecule has 3 nitrogen and oxygen atoms in total. The van der Waals surface area contributed by atoms with E-state index in [1.807, 2.05) is 24.3 Å². The Morgan fingerprint density at radius 2 is 1.65 bits per heavy atom. The third kappa shape index (κ3) is 5.01. The zero-order chi connectivity index (χ0) is 15.9. The second-order valence-electron chi connectivity index (χ2n) is 5.83. The molecule has 0 amide bonds. The van der Waals surface area contributed by atoms with Crippen molar-refractivity contribution in [3.63, 3.8) is 0 Å². The Labute approximate surface area is 151 Å². The molecule has 1 aliphatic rings. The summed E-state index contributed by atoms with van der Waals surface area (Å²) < 4.78 is 6.95. The van der Waals surface area contributed by atoms with Crippen molar-refractivity contribution in [3.05, 3.63) is 71.8 Å². The van der Waals surface area contributed by atoms with Crippen molar-refractivity contribution in [1.29, 1.82) is 0 Å². The first kappa shape index (κ1) is 16.9. The van der Waals surface area contributed by atoms with Crippen LogP contribution in [-0.2, 0) is 22.7 Å². The van der Waals surface area contributed by atoms with E-state index >= 15 is 0 Å². The van der Waals surface area contributed by atoms with Crippen LogP contribution >= 0.6 is 22.6 Å². The molecule has 122 valence electrons. The Kier molecular flexibility index (Phi) is 6.45. The Balaban J connectivity index is 1.54. The van der Waals surface area contributed by atoms with E-state index in [1.54, 1.807) is 0 Å². The third-order valence-electron chi connectivity index (χ3n) is 4.00. The molecule has 3 rings (SSSR count). The molecule has 1 heterocycles. The molecule has 0 saturated carbocycles. The van der Waals surface area contributed by atoms with Crippen LogP contribution in [0.1, 0.15) is 17.5 Å². The number of hydrogen-bond acceptors (Lipinski definition) is 3. The summed E-state index contributed by atoms with van der Waals surface area (Å²) in [6.07, 6.45) is 1.33. The van der Waals surface area contributed by atoms with Crippen LogP contribution in [0.15, 0.2) is 60.7 Å². The molecule has 4 heteroatoms. The number of halogens is 1. The summed E-state index contributed by atoms with van der Waals surface area (Å²) in [6.45, 7) is 2.17. The van der Waals surface area contributed by atoms with Crippen molar-refractivity contribution in [2.45, 2.75) is 31.7 Å². The van der Waals surface area contributed by atoms with Gasteiger partial charge in [-0.05, 0) is 17.5 Å². The second-order valence-corrected chi connectivity index (χ2v) is 6.71. The van der Waals surface area contributed by atoms with Crippen molar-refractivity contribution >= 4 is 22.6 Å². The molecule has 0 unspecified atom stereocenters. The van der Waals surface area contributed by atoms with E-state index in [0.29, 0.717) is 25.4 Å². The van der Waals surface area contributed by atoms with Crippen LogP contribution in [0.4, 0.5) is 0 Å². The summed E-state index contributed by atoms with van der Waals surface area (Å²) in [5.41, 5.74) is 2.49. The summed E-state index contributed by atoms with van der Waals surface area (Å²) in [7, 11) is 0. The predicted octanol–water partition coefficient (Wildman–Crippen LogP) is 4.21. The van der Waals surface area contributed by atoms with Crippen molar-refractivity contribution in [2.75, 3.05) is 11.0 Å². The number of nitrogens with zero attached hydrogens (tertiary/aromatic N) is 1. The highest BCUT2D eigenvalue weighted by atomic mass is 127. The minimum absolute atomic E-state index is 0.296. The molecule has 1 saturated heterocycles. The van der Waals surface area contributed by atoms with Gasteiger partial charge in [-0.1, -0.05) is 83.3 Å². The van der Waals surface area contributed by atoms with E-state index < -0.39 is 0 Å². The number of hydroxylamine groups is 2. The topological polar surface area (TPSA) is 21.7 Å². The Bertz CT molecular complexity index is 578. The summed E-state index contributed by atoms with van der Waals surface area (Å²) in [4.78, 5) is 6.08. The molecular formula is C19H22INO2. The normalized spacial score (nSPS) is 21.6. The SMILES string of the molecule is IC[C@@H]1C[C@H](COCc2ccccc2)N(Cc2ccccc2)O1. The van der Waals surface area contributed by atoms with E-state index in [1.165, 1.54) is 11.1 Å². The lowest BCUT2D eigenvalue weighted by Gasteiger charge is -2.22. The highest BCUT2D eigenvalue weighted by Gasteiger charge is 2.32. The van der Waals surface area contributed by atoms with Crippen LogP contribution < -0.4 is 0 Å². The van der Waals surface area contributed by atoms with Crippen LogP contribution in [0.3, 0.4) is 0 Å². The van der Waals surface area contributed by atoms with Crippen molar-refractivity contribution < 1.29 is 9.57 Å². The first-order valence-electron chi connectivity index (χ1n) is 8.00. The van der Waals surface area contributed by atoms with Crippen LogP contribution in [-0.4, -0.2) is 28.2 Å². The number of hydrogen-bond donors (Lipinski definition) is 0. The fraction of sp³-hybridized carbons (Fsp3) is 0.368. The maximum atomic E-state index is 6.08. The summed E-state index contributed by atoms with van der Waals surface area (Å²) in [5.74, 6) is 0. The van der Waals surface area contributed by atoms with Gasteiger partial charge in [0.05, 0.1) is 25.4 Å². The molecule has 1 fully saturated rings. The molecule has 0 aromatic heterocycles. The molecule has 0 aliphatic carbocycles. The third-order valence-corrected chi connectivity index (χ3v) is 4.98. The predicted molar refractivity (Wildman–Crippen MR) is 100 cm³/mol. The highest BCUT2D eigenvalue weighted by Crippen LogP contribution is 2.25. The van der Waals surface area contributed by atoms with Gasteiger partial charge in [-0.3, -0.25) is 4.84 Å². The Hall–Kier alpha value is -0.950. The fourth-order valence-corrected chi connectivity index (χ4v) is 3.32. The average Bonchev–Trinajstić information content (AvgIpc) is 2.99. The fourth-order valence-electron chi connectivity index (χ4n) is 2.80. The Morgan fingerprint density at radius 3 is 2.30 bits per heavy atom. The van der Waals surface area contributed by atoms with Crippen molar-refractivity contribution in [3.8, 4) is 0 Å². The van der Waals surface area contributed by atoms with E-state index in [4.69, 9.17) is 9.57 Å². The van der Waals surface area contributed by atoms with Gasteiger partial charge in [0, 0.05) is 11.0 Å². The molecule has 2 aromatic carbocycles. The first-order chi connectivity index (χ1) is 11.3. The standard InChI is InChI=1S/C19H22INO2/c20-12-19-11-18(15-22-14-17-9-5-2-6-10-17)21(23-19)13-16-7-3-1-4-8-16/h1-10,18-19H,11-15H2/t18-,19+/m1/s1. The van der Waals surface area contributed by atoms with Crippen LogP contribution in [0.2, 0.25) is 0 Å². The number of rotatable bonds is 7. The van der Waals surface area contributed by atoms with Gasteiger partial charge in [0.25, 0.3) is 0 Å². The Morgan fingerprint density at radius 1 is 1.00 bits per heavy atom. The maximum Gasteiger partial charge on any atom is 0.0899 e. The molecule has 0 radical (unpaired) electrons. The minimum atomic E-state index is 0.296. The lowest BCUT2D eigenvalue weighted by molar-refractivity contribution is -0.171. The van der Waals surface area contributed by atoms with Gasteiger partial charge in [0.15, 0.2) is 0 Å². The van der Waals surface area contributed by atoms with E-state index in [0.717, 1.165) is 17.4 Å². The average molecular weight is 423 g/mol. The molecule has 1 aliphatic heterocycles. The van der Waals surface area contributed by atoms with E-state index in [-0.39, 0.29) is 0 Å². The number of benzene rings is 2. The molecule has 0 bridgehead atoms. The smallest absolute Gasteiger partial charge is 0.0899 e. The molecule has 0 N–H and O–H groups in total. The zero-order valence-corrected chi connectivity index (χ0v) is 15.3. The van der Waals surface area contributed by atoms with Crippen LogP contribution in [0.25, 0.3) is 0 Å². The number of alkyl halides is 1. The first-order valence-corrected chi connectivity index (χ1v) is 9.52. The molecule has 2 atom stereocenters. The molecular weight excluding hydrogens is 401 g/mol. The second kappa shape index (κ2) is 8.78. The minimum Gasteiger partial charge on any atom is -0.375 e. The van der Waals surface area contributed by atoms with Crippen LogP contribution in [0.5, 0.6) is 0 Å². The lowest BCUT2D eigenvalue weighted by atomic mass is 10.1. The van der Waals surface area contributed by atoms with Gasteiger partial charge in [-0.2, -0.15) is 5.06 Å². The lowest BCUT2D eigenvalue weighted by Crippen LogP contribution is -2.31. The van der Waals surface area contributed by atoms with Gasteiger partial charge in [0.1, 0.15) is 0 Å². The van der Waals surface area contributed by atoms with Gasteiger partial charge >= 0.3 is 0 Å².